The van der Waals surface area contributed by atoms with E-state index in [1.54, 1.807) is 11.0 Å². The first kappa shape index (κ1) is 9.83. The lowest BCUT2D eigenvalue weighted by molar-refractivity contribution is 0.867. The Labute approximate surface area is 97.7 Å². The number of imidazole rings is 1. The van der Waals surface area contributed by atoms with Crippen LogP contribution in [0.15, 0.2) is 24.9 Å². The van der Waals surface area contributed by atoms with Crippen LogP contribution in [-0.2, 0) is 0 Å². The van der Waals surface area contributed by atoms with Gasteiger partial charge in [-0.1, -0.05) is 0 Å². The molecule has 6 nitrogen and oxygen atoms in total. The van der Waals surface area contributed by atoms with Gasteiger partial charge in [0.15, 0.2) is 5.65 Å². The number of fused-ring (bicyclic) bond motifs is 1. The Morgan fingerprint density at radius 2 is 2.12 bits per heavy atom. The van der Waals surface area contributed by atoms with Crippen molar-refractivity contribution in [3.8, 4) is 5.69 Å². The van der Waals surface area contributed by atoms with E-state index < -0.39 is 0 Å². The standard InChI is InChI=1S/C11H12N6/c1-7-8(2)16-4-9(17-6-13-5-14-17)3-10(12)11(16)15-7/h3-6H,12H2,1-2H3. The summed E-state index contributed by atoms with van der Waals surface area (Å²) in [5.41, 5.74) is 10.3. The second kappa shape index (κ2) is 3.31. The molecule has 0 bridgehead atoms. The molecule has 0 unspecified atom stereocenters. The molecule has 0 atom stereocenters. The number of anilines is 1. The number of nitrogens with zero attached hydrogens (tertiary/aromatic N) is 5. The lowest BCUT2D eigenvalue weighted by Crippen LogP contribution is -2.01. The van der Waals surface area contributed by atoms with Gasteiger partial charge < -0.3 is 10.1 Å². The summed E-state index contributed by atoms with van der Waals surface area (Å²) < 4.78 is 3.65. The van der Waals surface area contributed by atoms with Crippen LogP contribution in [0.1, 0.15) is 11.4 Å². The topological polar surface area (TPSA) is 74.0 Å². The maximum Gasteiger partial charge on any atom is 0.160 e. The first-order chi connectivity index (χ1) is 8.16. The second-order valence-corrected chi connectivity index (χ2v) is 3.97. The molecule has 17 heavy (non-hydrogen) atoms. The monoisotopic (exact) mass is 228 g/mol. The van der Waals surface area contributed by atoms with Crippen LogP contribution in [0.5, 0.6) is 0 Å². The Balaban J connectivity index is 2.33. The molecular formula is C11H12N6. The molecule has 0 aromatic carbocycles. The third kappa shape index (κ3) is 1.37. The minimum atomic E-state index is 0.634. The zero-order valence-electron chi connectivity index (χ0n) is 9.62. The number of nitrogen functional groups attached to an aromatic ring is 1. The van der Waals surface area contributed by atoms with Crippen LogP contribution in [-0.4, -0.2) is 24.1 Å². The van der Waals surface area contributed by atoms with Gasteiger partial charge in [0.2, 0.25) is 0 Å². The number of nitrogens with two attached hydrogens (primary N) is 1. The third-order valence-electron chi connectivity index (χ3n) is 2.89. The first-order valence-electron chi connectivity index (χ1n) is 5.26. The molecule has 0 saturated carbocycles. The van der Waals surface area contributed by atoms with Gasteiger partial charge in [-0.15, -0.1) is 0 Å². The lowest BCUT2D eigenvalue weighted by atomic mass is 10.3. The van der Waals surface area contributed by atoms with Crippen molar-refractivity contribution in [2.75, 3.05) is 5.73 Å². The summed E-state index contributed by atoms with van der Waals surface area (Å²) in [6.07, 6.45) is 5.09. The molecule has 6 heteroatoms. The zero-order valence-corrected chi connectivity index (χ0v) is 9.62. The molecule has 0 aliphatic rings. The van der Waals surface area contributed by atoms with E-state index in [4.69, 9.17) is 5.73 Å². The van der Waals surface area contributed by atoms with Crippen molar-refractivity contribution in [2.24, 2.45) is 0 Å². The van der Waals surface area contributed by atoms with E-state index in [9.17, 15) is 0 Å². The molecule has 2 N–H and O–H groups in total. The van der Waals surface area contributed by atoms with Crippen molar-refractivity contribution in [1.82, 2.24) is 24.1 Å². The minimum absolute atomic E-state index is 0.634. The molecule has 0 aliphatic heterocycles. The highest BCUT2D eigenvalue weighted by Gasteiger charge is 2.09. The predicted molar refractivity (Wildman–Crippen MR) is 64.0 cm³/mol. The molecule has 0 spiro atoms. The minimum Gasteiger partial charge on any atom is -0.396 e. The average molecular weight is 228 g/mol. The maximum atomic E-state index is 6.00. The first-order valence-corrected chi connectivity index (χ1v) is 5.26. The number of aryl methyl sites for hydroxylation is 2. The van der Waals surface area contributed by atoms with Gasteiger partial charge in [0, 0.05) is 11.9 Å². The third-order valence-corrected chi connectivity index (χ3v) is 2.89. The molecule has 0 amide bonds. The summed E-state index contributed by atoms with van der Waals surface area (Å²) in [4.78, 5) is 8.35. The van der Waals surface area contributed by atoms with E-state index in [1.165, 1.54) is 6.33 Å². The zero-order chi connectivity index (χ0) is 12.0. The van der Waals surface area contributed by atoms with Gasteiger partial charge >= 0.3 is 0 Å². The molecular weight excluding hydrogens is 216 g/mol. The Hall–Kier alpha value is -2.37. The smallest absolute Gasteiger partial charge is 0.160 e. The summed E-state index contributed by atoms with van der Waals surface area (Å²) in [5.74, 6) is 0. The lowest BCUT2D eigenvalue weighted by Gasteiger charge is -2.05. The van der Waals surface area contributed by atoms with Crippen LogP contribution in [0.4, 0.5) is 5.69 Å². The second-order valence-electron chi connectivity index (χ2n) is 3.97. The highest BCUT2D eigenvalue weighted by molar-refractivity contribution is 5.68. The summed E-state index contributed by atoms with van der Waals surface area (Å²) in [7, 11) is 0. The van der Waals surface area contributed by atoms with Gasteiger partial charge in [0.25, 0.3) is 0 Å². The molecule has 0 saturated heterocycles. The van der Waals surface area contributed by atoms with Crippen molar-refractivity contribution in [3.05, 3.63) is 36.3 Å². The Morgan fingerprint density at radius 3 is 2.82 bits per heavy atom. The van der Waals surface area contributed by atoms with Crippen LogP contribution < -0.4 is 5.73 Å². The largest absolute Gasteiger partial charge is 0.396 e. The summed E-state index contributed by atoms with van der Waals surface area (Å²) in [5, 5.41) is 4.09. The summed E-state index contributed by atoms with van der Waals surface area (Å²) >= 11 is 0. The molecule has 3 aromatic rings. The van der Waals surface area contributed by atoms with E-state index in [0.717, 1.165) is 22.7 Å². The fourth-order valence-electron chi connectivity index (χ4n) is 1.85. The molecule has 0 radical (unpaired) electrons. The van der Waals surface area contributed by atoms with Gasteiger partial charge in [-0.05, 0) is 19.9 Å². The van der Waals surface area contributed by atoms with Crippen LogP contribution in [0.25, 0.3) is 11.3 Å². The van der Waals surface area contributed by atoms with Gasteiger partial charge in [-0.3, -0.25) is 0 Å². The Bertz CT molecular complexity index is 680. The van der Waals surface area contributed by atoms with Crippen LogP contribution >= 0.6 is 0 Å². The molecule has 3 heterocycles. The Morgan fingerprint density at radius 1 is 1.29 bits per heavy atom. The highest BCUT2D eigenvalue weighted by atomic mass is 15.3. The SMILES string of the molecule is Cc1nc2c(N)cc(-n3cncn3)cn2c1C. The normalized spacial score (nSPS) is 11.2. The van der Waals surface area contributed by atoms with Crippen molar-refractivity contribution < 1.29 is 0 Å². The van der Waals surface area contributed by atoms with Crippen molar-refractivity contribution in [1.29, 1.82) is 0 Å². The van der Waals surface area contributed by atoms with E-state index in [-0.39, 0.29) is 0 Å². The van der Waals surface area contributed by atoms with Crippen molar-refractivity contribution >= 4 is 11.3 Å². The quantitative estimate of drug-likeness (QED) is 0.677. The van der Waals surface area contributed by atoms with E-state index in [1.807, 2.05) is 30.5 Å². The fourth-order valence-corrected chi connectivity index (χ4v) is 1.85. The van der Waals surface area contributed by atoms with E-state index in [0.29, 0.717) is 5.69 Å². The van der Waals surface area contributed by atoms with Crippen molar-refractivity contribution in [3.63, 3.8) is 0 Å². The molecule has 0 fully saturated rings. The van der Waals surface area contributed by atoms with Crippen LogP contribution in [0.3, 0.4) is 0 Å². The summed E-state index contributed by atoms with van der Waals surface area (Å²) in [6.45, 7) is 3.98. The van der Waals surface area contributed by atoms with Crippen LogP contribution in [0, 0.1) is 13.8 Å². The van der Waals surface area contributed by atoms with Gasteiger partial charge in [0.05, 0.1) is 17.1 Å². The Kier molecular flexibility index (Phi) is 1.91. The molecule has 3 aromatic heterocycles. The summed E-state index contributed by atoms with van der Waals surface area (Å²) in [6, 6.07) is 1.84. The van der Waals surface area contributed by atoms with Crippen molar-refractivity contribution in [2.45, 2.75) is 13.8 Å². The fraction of sp³-hybridized carbons (Fsp3) is 0.182. The molecule has 0 aliphatic carbocycles. The molecule has 86 valence electrons. The van der Waals surface area contributed by atoms with Crippen LogP contribution in [0.2, 0.25) is 0 Å². The van der Waals surface area contributed by atoms with Gasteiger partial charge in [-0.2, -0.15) is 5.10 Å². The number of aromatic nitrogens is 5. The average Bonchev–Trinajstić information content (AvgIpc) is 2.91. The highest BCUT2D eigenvalue weighted by Crippen LogP contribution is 2.20. The molecule has 3 rings (SSSR count). The van der Waals surface area contributed by atoms with Gasteiger partial charge in [-0.25, -0.2) is 14.6 Å². The number of pyridine rings is 1. The number of hydrogen-bond donors (Lipinski definition) is 1. The maximum absolute atomic E-state index is 6.00. The predicted octanol–water partition coefficient (Wildman–Crippen LogP) is 1.11. The van der Waals surface area contributed by atoms with Gasteiger partial charge in [0.1, 0.15) is 12.7 Å². The van der Waals surface area contributed by atoms with E-state index in [2.05, 4.69) is 15.1 Å². The number of rotatable bonds is 1. The van der Waals surface area contributed by atoms with E-state index >= 15 is 0 Å². The number of hydrogen-bond acceptors (Lipinski definition) is 4.